The van der Waals surface area contributed by atoms with Gasteiger partial charge in [0.05, 0.1) is 5.01 Å². The number of thiazole rings is 1. The van der Waals surface area contributed by atoms with Crippen molar-refractivity contribution in [1.29, 1.82) is 0 Å². The van der Waals surface area contributed by atoms with Crippen LogP contribution < -0.4 is 5.32 Å². The highest BCUT2D eigenvalue weighted by Gasteiger charge is 2.28. The number of aryl methyl sites for hydroxylation is 1. The molecule has 1 aliphatic heterocycles. The van der Waals surface area contributed by atoms with Crippen molar-refractivity contribution in [2.24, 2.45) is 5.41 Å². The van der Waals surface area contributed by atoms with E-state index < -0.39 is 0 Å². The third-order valence-corrected chi connectivity index (χ3v) is 7.18. The van der Waals surface area contributed by atoms with Crippen LogP contribution in [-0.4, -0.2) is 34.8 Å². The van der Waals surface area contributed by atoms with Crippen LogP contribution in [0.5, 0.6) is 0 Å². The number of benzene rings is 2. The number of carbonyl (C=O) groups is 2. The van der Waals surface area contributed by atoms with E-state index in [-0.39, 0.29) is 17.2 Å². The summed E-state index contributed by atoms with van der Waals surface area (Å²) < 4.78 is 0. The van der Waals surface area contributed by atoms with Crippen LogP contribution in [0.2, 0.25) is 0 Å². The molecule has 2 heterocycles. The minimum atomic E-state index is -0.195. The highest BCUT2D eigenvalue weighted by molar-refractivity contribution is 7.10. The van der Waals surface area contributed by atoms with Gasteiger partial charge in [0.15, 0.2) is 0 Å². The van der Waals surface area contributed by atoms with E-state index in [0.717, 1.165) is 47.8 Å². The van der Waals surface area contributed by atoms with Crippen molar-refractivity contribution in [2.75, 3.05) is 18.4 Å². The molecule has 34 heavy (non-hydrogen) atoms. The number of nitrogens with zero attached hydrogens (tertiary/aromatic N) is 2. The van der Waals surface area contributed by atoms with E-state index in [1.807, 2.05) is 34.5 Å². The minimum Gasteiger partial charge on any atom is -0.343 e. The Balaban J connectivity index is 1.40. The van der Waals surface area contributed by atoms with Crippen LogP contribution in [0.15, 0.2) is 53.9 Å². The number of rotatable bonds is 5. The molecule has 0 atom stereocenters. The van der Waals surface area contributed by atoms with Gasteiger partial charge in [0.1, 0.15) is 5.69 Å². The zero-order valence-electron chi connectivity index (χ0n) is 20.4. The number of likely N-dealkylation sites (tertiary alicyclic amines) is 1. The van der Waals surface area contributed by atoms with Gasteiger partial charge < -0.3 is 10.2 Å². The Bertz CT molecular complexity index is 1150. The molecule has 1 aliphatic rings. The summed E-state index contributed by atoms with van der Waals surface area (Å²) in [6, 6.07) is 16.1. The van der Waals surface area contributed by atoms with Gasteiger partial charge in [-0.1, -0.05) is 68.8 Å². The maximum atomic E-state index is 13.0. The first-order valence-corrected chi connectivity index (χ1v) is 12.8. The molecule has 0 unspecified atom stereocenters. The van der Waals surface area contributed by atoms with Crippen molar-refractivity contribution in [3.8, 4) is 11.1 Å². The predicted molar refractivity (Wildman–Crippen MR) is 139 cm³/mol. The van der Waals surface area contributed by atoms with Crippen molar-refractivity contribution >= 4 is 28.8 Å². The smallest absolute Gasteiger partial charge is 0.275 e. The standard InChI is InChI=1S/C28H33N3O2S/c1-19-9-11-20(12-10-19)22-7-5-6-8-23(22)29-26(33)24-18-34-27(30-24)21-13-15-31(16-14-21)25(32)17-28(2,3)4/h5-12,18,21H,13-17H2,1-4H3,(H,29,33). The lowest BCUT2D eigenvalue weighted by molar-refractivity contribution is -0.134. The zero-order chi connectivity index (χ0) is 24.3. The van der Waals surface area contributed by atoms with Crippen molar-refractivity contribution in [1.82, 2.24) is 9.88 Å². The fraction of sp³-hybridized carbons (Fsp3) is 0.393. The van der Waals surface area contributed by atoms with Crippen molar-refractivity contribution in [2.45, 2.75) is 52.9 Å². The zero-order valence-corrected chi connectivity index (χ0v) is 21.2. The Labute approximate surface area is 206 Å². The topological polar surface area (TPSA) is 62.3 Å². The van der Waals surface area contributed by atoms with Gasteiger partial charge in [-0.15, -0.1) is 11.3 Å². The molecule has 1 fully saturated rings. The number of amides is 2. The monoisotopic (exact) mass is 475 g/mol. The summed E-state index contributed by atoms with van der Waals surface area (Å²) in [6.07, 6.45) is 2.35. The number of para-hydroxylation sites is 1. The van der Waals surface area contributed by atoms with Gasteiger partial charge >= 0.3 is 0 Å². The van der Waals surface area contributed by atoms with Gasteiger partial charge in [-0.05, 0) is 36.8 Å². The van der Waals surface area contributed by atoms with E-state index in [4.69, 9.17) is 0 Å². The molecular formula is C28H33N3O2S. The molecule has 0 aliphatic carbocycles. The first-order chi connectivity index (χ1) is 16.2. The van der Waals surface area contributed by atoms with Gasteiger partial charge in [-0.25, -0.2) is 4.98 Å². The highest BCUT2D eigenvalue weighted by Crippen LogP contribution is 2.32. The molecule has 0 bridgehead atoms. The van der Waals surface area contributed by atoms with Crippen molar-refractivity contribution in [3.05, 3.63) is 70.2 Å². The second-order valence-corrected chi connectivity index (χ2v) is 11.2. The van der Waals surface area contributed by atoms with Crippen molar-refractivity contribution in [3.63, 3.8) is 0 Å². The van der Waals surface area contributed by atoms with Gasteiger partial charge in [-0.2, -0.15) is 0 Å². The molecule has 2 amide bonds. The second kappa shape index (κ2) is 10.1. The number of carbonyl (C=O) groups excluding carboxylic acids is 2. The van der Waals surface area contributed by atoms with Gasteiger partial charge in [0.2, 0.25) is 5.91 Å². The van der Waals surface area contributed by atoms with E-state index in [1.54, 1.807) is 11.3 Å². The van der Waals surface area contributed by atoms with Crippen molar-refractivity contribution < 1.29 is 9.59 Å². The Morgan fingerprint density at radius 1 is 1.06 bits per heavy atom. The summed E-state index contributed by atoms with van der Waals surface area (Å²) in [7, 11) is 0. The average Bonchev–Trinajstić information content (AvgIpc) is 3.30. The fourth-order valence-corrected chi connectivity index (χ4v) is 5.26. The summed E-state index contributed by atoms with van der Waals surface area (Å²) in [6.45, 7) is 9.86. The Kier molecular flexibility index (Phi) is 7.17. The third-order valence-electron chi connectivity index (χ3n) is 6.17. The molecule has 0 radical (unpaired) electrons. The lowest BCUT2D eigenvalue weighted by Crippen LogP contribution is -2.39. The third kappa shape index (κ3) is 5.92. The Morgan fingerprint density at radius 3 is 2.41 bits per heavy atom. The summed E-state index contributed by atoms with van der Waals surface area (Å²) in [5, 5.41) is 5.88. The first kappa shape index (κ1) is 24.1. The molecule has 1 N–H and O–H groups in total. The van der Waals surface area contributed by atoms with Crippen LogP contribution in [0.4, 0.5) is 5.69 Å². The molecular weight excluding hydrogens is 442 g/mol. The lowest BCUT2D eigenvalue weighted by atomic mass is 9.90. The molecule has 0 spiro atoms. The minimum absolute atomic E-state index is 0.00355. The molecule has 6 heteroatoms. The summed E-state index contributed by atoms with van der Waals surface area (Å²) in [5.41, 5.74) is 4.47. The molecule has 0 saturated carbocycles. The van der Waals surface area contributed by atoms with Crippen LogP contribution >= 0.6 is 11.3 Å². The Morgan fingerprint density at radius 2 is 1.74 bits per heavy atom. The summed E-state index contributed by atoms with van der Waals surface area (Å²) >= 11 is 1.54. The Hall–Kier alpha value is -2.99. The van der Waals surface area contributed by atoms with Crippen LogP contribution in [-0.2, 0) is 4.79 Å². The molecule has 3 aromatic rings. The number of anilines is 1. The molecule has 1 saturated heterocycles. The molecule has 4 rings (SSSR count). The molecule has 5 nitrogen and oxygen atoms in total. The summed E-state index contributed by atoms with van der Waals surface area (Å²) in [4.78, 5) is 32.2. The largest absolute Gasteiger partial charge is 0.343 e. The van der Waals surface area contributed by atoms with Crippen LogP contribution in [0, 0.1) is 12.3 Å². The maximum absolute atomic E-state index is 13.0. The first-order valence-electron chi connectivity index (χ1n) is 11.9. The molecule has 178 valence electrons. The number of hydrogen-bond donors (Lipinski definition) is 1. The number of nitrogens with one attached hydrogen (secondary N) is 1. The van der Waals surface area contributed by atoms with Crippen LogP contribution in [0.1, 0.15) is 67.0 Å². The maximum Gasteiger partial charge on any atom is 0.275 e. The van der Waals surface area contributed by atoms with Gasteiger partial charge in [0, 0.05) is 42.1 Å². The number of hydrogen-bond acceptors (Lipinski definition) is 4. The summed E-state index contributed by atoms with van der Waals surface area (Å²) in [5.74, 6) is 0.335. The lowest BCUT2D eigenvalue weighted by Gasteiger charge is -2.33. The molecule has 2 aromatic carbocycles. The van der Waals surface area contributed by atoms with Gasteiger partial charge in [0.25, 0.3) is 5.91 Å². The van der Waals surface area contributed by atoms with Crippen LogP contribution in [0.3, 0.4) is 0 Å². The van der Waals surface area contributed by atoms with E-state index >= 15 is 0 Å². The van der Waals surface area contributed by atoms with E-state index in [2.05, 4.69) is 62.3 Å². The number of aromatic nitrogens is 1. The predicted octanol–water partition coefficient (Wildman–Crippen LogP) is 6.51. The second-order valence-electron chi connectivity index (χ2n) is 10.3. The van der Waals surface area contributed by atoms with Crippen LogP contribution in [0.25, 0.3) is 11.1 Å². The van der Waals surface area contributed by atoms with Gasteiger partial charge in [-0.3, -0.25) is 9.59 Å². The quantitative estimate of drug-likeness (QED) is 0.457. The molecule has 1 aromatic heterocycles. The normalized spacial score (nSPS) is 14.8. The highest BCUT2D eigenvalue weighted by atomic mass is 32.1. The van der Waals surface area contributed by atoms with E-state index in [9.17, 15) is 9.59 Å². The van der Waals surface area contributed by atoms with E-state index in [0.29, 0.717) is 18.0 Å². The SMILES string of the molecule is Cc1ccc(-c2ccccc2NC(=O)c2csc(C3CCN(C(=O)CC(C)(C)C)CC3)n2)cc1. The van der Waals surface area contributed by atoms with E-state index in [1.165, 1.54) is 5.56 Å². The number of piperidine rings is 1. The average molecular weight is 476 g/mol. The fourth-order valence-electron chi connectivity index (χ4n) is 4.28.